The van der Waals surface area contributed by atoms with Crippen LogP contribution >= 0.6 is 0 Å². The molecule has 152 valence electrons. The number of carbonyl (C=O) groups excluding carboxylic acids is 3. The second kappa shape index (κ2) is 7.09. The van der Waals surface area contributed by atoms with E-state index in [0.29, 0.717) is 17.7 Å². The zero-order valence-corrected chi connectivity index (χ0v) is 16.7. The van der Waals surface area contributed by atoms with Crippen LogP contribution in [-0.2, 0) is 19.1 Å². The molecule has 0 aromatic heterocycles. The third-order valence-electron chi connectivity index (χ3n) is 5.72. The van der Waals surface area contributed by atoms with Gasteiger partial charge in [-0.3, -0.25) is 24.6 Å². The number of hydrogen-bond acceptors (Lipinski definition) is 7. The summed E-state index contributed by atoms with van der Waals surface area (Å²) in [5.41, 5.74) is -0.718. The van der Waals surface area contributed by atoms with Crippen LogP contribution in [-0.4, -0.2) is 54.6 Å². The minimum Gasteiger partial charge on any atom is -0.504 e. The van der Waals surface area contributed by atoms with E-state index in [2.05, 4.69) is 5.32 Å². The summed E-state index contributed by atoms with van der Waals surface area (Å²) in [6.45, 7) is 3.89. The van der Waals surface area contributed by atoms with E-state index in [-0.39, 0.29) is 17.6 Å². The standard InChI is InChI=1S/C20H26N2O6/c1-10(2)9-20(19(26)28-5)15-14(17(24)22(3)18(15)25)16(21-20)11-6-7-13(27-4)12(23)8-11/h6-8,10,14-16,21,23H,9H2,1-5H3/t14-,15-,16-,20-/m1/s1. The smallest absolute Gasteiger partial charge is 0.326 e. The molecular weight excluding hydrogens is 364 g/mol. The summed E-state index contributed by atoms with van der Waals surface area (Å²) >= 11 is 0. The van der Waals surface area contributed by atoms with Gasteiger partial charge in [-0.15, -0.1) is 0 Å². The lowest BCUT2D eigenvalue weighted by molar-refractivity contribution is -0.154. The molecule has 8 heteroatoms. The first-order valence-electron chi connectivity index (χ1n) is 9.22. The average Bonchev–Trinajstić information content (AvgIpc) is 3.10. The Balaban J connectivity index is 2.15. The number of amides is 2. The Hall–Kier alpha value is -2.61. The van der Waals surface area contributed by atoms with E-state index >= 15 is 0 Å². The molecule has 2 aliphatic rings. The maximum absolute atomic E-state index is 12.9. The number of hydrogen-bond donors (Lipinski definition) is 2. The van der Waals surface area contributed by atoms with Crippen LogP contribution in [0.3, 0.4) is 0 Å². The molecule has 0 bridgehead atoms. The third-order valence-corrected chi connectivity index (χ3v) is 5.72. The van der Waals surface area contributed by atoms with Gasteiger partial charge in [0.15, 0.2) is 11.5 Å². The molecule has 0 spiro atoms. The first-order chi connectivity index (χ1) is 13.2. The lowest BCUT2D eigenvalue weighted by atomic mass is 9.75. The van der Waals surface area contributed by atoms with Gasteiger partial charge in [0.2, 0.25) is 11.8 Å². The highest BCUT2D eigenvalue weighted by molar-refractivity contribution is 6.09. The fraction of sp³-hybridized carbons (Fsp3) is 0.550. The van der Waals surface area contributed by atoms with Crippen molar-refractivity contribution >= 4 is 17.8 Å². The van der Waals surface area contributed by atoms with Gasteiger partial charge in [0.25, 0.3) is 0 Å². The Kier molecular flexibility index (Phi) is 5.10. The SMILES string of the molecule is COC(=O)[C@]1(CC(C)C)N[C@H](c2ccc(OC)c(O)c2)[C@@H]2C(=O)N(C)C(=O)[C@@H]21. The van der Waals surface area contributed by atoms with Crippen LogP contribution in [0.1, 0.15) is 31.9 Å². The van der Waals surface area contributed by atoms with Crippen LogP contribution in [0.25, 0.3) is 0 Å². The highest BCUT2D eigenvalue weighted by Gasteiger charge is 2.68. The second-order valence-corrected chi connectivity index (χ2v) is 7.85. The maximum atomic E-state index is 12.9. The van der Waals surface area contributed by atoms with Gasteiger partial charge in [-0.25, -0.2) is 0 Å². The minimum absolute atomic E-state index is 0.0732. The van der Waals surface area contributed by atoms with E-state index in [4.69, 9.17) is 9.47 Å². The zero-order valence-electron chi connectivity index (χ0n) is 16.7. The molecule has 0 saturated carbocycles. The summed E-state index contributed by atoms with van der Waals surface area (Å²) in [6.07, 6.45) is 0.340. The Bertz CT molecular complexity index is 823. The molecule has 0 unspecified atom stereocenters. The van der Waals surface area contributed by atoms with E-state index in [1.165, 1.54) is 27.3 Å². The van der Waals surface area contributed by atoms with E-state index in [1.807, 2.05) is 13.8 Å². The number of likely N-dealkylation sites (tertiary alicyclic amines) is 1. The van der Waals surface area contributed by atoms with E-state index in [0.717, 1.165) is 4.90 Å². The molecule has 2 heterocycles. The van der Waals surface area contributed by atoms with Crippen molar-refractivity contribution in [2.45, 2.75) is 31.8 Å². The van der Waals surface area contributed by atoms with Gasteiger partial charge >= 0.3 is 5.97 Å². The number of fused-ring (bicyclic) bond motifs is 1. The number of aromatic hydroxyl groups is 1. The predicted molar refractivity (Wildman–Crippen MR) is 99.5 cm³/mol. The predicted octanol–water partition coefficient (Wildman–Crippen LogP) is 1.23. The molecule has 1 aromatic carbocycles. The maximum Gasteiger partial charge on any atom is 0.326 e. The van der Waals surface area contributed by atoms with Crippen molar-refractivity contribution in [1.82, 2.24) is 10.2 Å². The highest BCUT2D eigenvalue weighted by Crippen LogP contribution is 2.51. The number of benzene rings is 1. The molecule has 0 radical (unpaired) electrons. The molecule has 4 atom stereocenters. The van der Waals surface area contributed by atoms with E-state index in [1.54, 1.807) is 12.1 Å². The summed E-state index contributed by atoms with van der Waals surface area (Å²) in [5.74, 6) is -2.64. The summed E-state index contributed by atoms with van der Waals surface area (Å²) < 4.78 is 10.1. The van der Waals surface area contributed by atoms with Gasteiger partial charge in [-0.05, 0) is 30.0 Å². The number of esters is 1. The van der Waals surface area contributed by atoms with Crippen molar-refractivity contribution in [2.75, 3.05) is 21.3 Å². The van der Waals surface area contributed by atoms with Gasteiger partial charge in [0.05, 0.1) is 26.1 Å². The van der Waals surface area contributed by atoms with Crippen molar-refractivity contribution in [3.05, 3.63) is 23.8 Å². The number of phenolic OH excluding ortho intramolecular Hbond substituents is 1. The first kappa shape index (κ1) is 20.1. The number of imide groups is 1. The molecule has 3 rings (SSSR count). The minimum atomic E-state index is -1.31. The molecule has 2 fully saturated rings. The topological polar surface area (TPSA) is 105 Å². The number of carbonyl (C=O) groups is 3. The largest absolute Gasteiger partial charge is 0.504 e. The van der Waals surface area contributed by atoms with Crippen molar-refractivity contribution in [2.24, 2.45) is 17.8 Å². The third kappa shape index (κ3) is 2.83. The zero-order chi connectivity index (χ0) is 20.8. The van der Waals surface area contributed by atoms with E-state index < -0.39 is 35.3 Å². The van der Waals surface area contributed by atoms with Crippen LogP contribution < -0.4 is 10.1 Å². The van der Waals surface area contributed by atoms with Gasteiger partial charge in [0.1, 0.15) is 5.54 Å². The van der Waals surface area contributed by atoms with Crippen molar-refractivity contribution in [1.29, 1.82) is 0 Å². The Morgan fingerprint density at radius 3 is 2.50 bits per heavy atom. The number of methoxy groups -OCH3 is 2. The molecule has 8 nitrogen and oxygen atoms in total. The van der Waals surface area contributed by atoms with Crippen LogP contribution in [0, 0.1) is 17.8 Å². The molecule has 2 aliphatic heterocycles. The normalized spacial score (nSPS) is 29.4. The summed E-state index contributed by atoms with van der Waals surface area (Å²) in [6, 6.07) is 4.17. The number of rotatable bonds is 5. The number of phenols is 1. The molecule has 2 saturated heterocycles. The Morgan fingerprint density at radius 1 is 1.29 bits per heavy atom. The average molecular weight is 390 g/mol. The molecule has 0 aliphatic carbocycles. The van der Waals surface area contributed by atoms with Crippen LogP contribution in [0.4, 0.5) is 0 Å². The summed E-state index contributed by atoms with van der Waals surface area (Å²) in [5, 5.41) is 13.4. The van der Waals surface area contributed by atoms with Gasteiger partial charge < -0.3 is 14.6 Å². The van der Waals surface area contributed by atoms with E-state index in [9.17, 15) is 19.5 Å². The molecule has 1 aromatic rings. The van der Waals surface area contributed by atoms with Crippen molar-refractivity contribution in [3.63, 3.8) is 0 Å². The first-order valence-corrected chi connectivity index (χ1v) is 9.22. The number of nitrogens with one attached hydrogen (secondary N) is 1. The fourth-order valence-corrected chi connectivity index (χ4v) is 4.62. The molecule has 2 N–H and O–H groups in total. The second-order valence-electron chi connectivity index (χ2n) is 7.85. The van der Waals surface area contributed by atoms with Crippen molar-refractivity contribution < 1.29 is 29.0 Å². The van der Waals surface area contributed by atoms with Gasteiger partial charge in [-0.1, -0.05) is 19.9 Å². The highest BCUT2D eigenvalue weighted by atomic mass is 16.5. The van der Waals surface area contributed by atoms with Crippen LogP contribution in [0.2, 0.25) is 0 Å². The lowest BCUT2D eigenvalue weighted by Crippen LogP contribution is -2.56. The number of nitrogens with zero attached hydrogens (tertiary/aromatic N) is 1. The lowest BCUT2D eigenvalue weighted by Gasteiger charge is -2.33. The van der Waals surface area contributed by atoms with Crippen LogP contribution in [0.15, 0.2) is 18.2 Å². The molecular formula is C20H26N2O6. The monoisotopic (exact) mass is 390 g/mol. The quantitative estimate of drug-likeness (QED) is 0.575. The molecule has 28 heavy (non-hydrogen) atoms. The van der Waals surface area contributed by atoms with Gasteiger partial charge in [-0.2, -0.15) is 0 Å². The Morgan fingerprint density at radius 2 is 1.96 bits per heavy atom. The fourth-order valence-electron chi connectivity index (χ4n) is 4.62. The van der Waals surface area contributed by atoms with Crippen LogP contribution in [0.5, 0.6) is 11.5 Å². The summed E-state index contributed by atoms with van der Waals surface area (Å²) in [4.78, 5) is 39.8. The Labute approximate surface area is 163 Å². The number of ether oxygens (including phenoxy) is 2. The molecule has 2 amide bonds. The summed E-state index contributed by atoms with van der Waals surface area (Å²) in [7, 11) is 4.15. The van der Waals surface area contributed by atoms with Gasteiger partial charge in [0, 0.05) is 13.1 Å². The van der Waals surface area contributed by atoms with Crippen molar-refractivity contribution in [3.8, 4) is 11.5 Å².